The zero-order valence-electron chi connectivity index (χ0n) is 14.8. The Kier molecular flexibility index (Phi) is 3.16. The predicted octanol–water partition coefficient (Wildman–Crippen LogP) is 3.85. The molecule has 0 amide bonds. The third-order valence-electron chi connectivity index (χ3n) is 8.94. The summed E-state index contributed by atoms with van der Waals surface area (Å²) in [6, 6.07) is 0. The van der Waals surface area contributed by atoms with Crippen LogP contribution in [0.25, 0.3) is 0 Å². The number of aliphatic hydroxyl groups is 2. The van der Waals surface area contributed by atoms with E-state index in [1.165, 1.54) is 32.1 Å². The van der Waals surface area contributed by atoms with Crippen molar-refractivity contribution < 1.29 is 10.2 Å². The van der Waals surface area contributed by atoms with E-state index < -0.39 is 0 Å². The molecule has 0 saturated heterocycles. The molecule has 0 unspecified atom stereocenters. The summed E-state index contributed by atoms with van der Waals surface area (Å²) in [5.41, 5.74) is 0.967. The van der Waals surface area contributed by atoms with Gasteiger partial charge in [-0.25, -0.2) is 0 Å². The van der Waals surface area contributed by atoms with Crippen molar-refractivity contribution in [1.29, 1.82) is 0 Å². The van der Waals surface area contributed by atoms with Crippen LogP contribution in [0.4, 0.5) is 0 Å². The van der Waals surface area contributed by atoms with Crippen LogP contribution in [0.5, 0.6) is 0 Å². The van der Waals surface area contributed by atoms with Gasteiger partial charge in [-0.1, -0.05) is 34.1 Å². The fourth-order valence-electron chi connectivity index (χ4n) is 8.11. The van der Waals surface area contributed by atoms with Gasteiger partial charge in [-0.15, -0.1) is 0 Å². The molecule has 0 heterocycles. The van der Waals surface area contributed by atoms with Gasteiger partial charge in [0.2, 0.25) is 0 Å². The molecule has 8 atom stereocenters. The Labute approximate surface area is 135 Å². The first-order valence-corrected chi connectivity index (χ1v) is 9.54. The molecule has 4 saturated carbocycles. The van der Waals surface area contributed by atoms with E-state index in [1.54, 1.807) is 0 Å². The van der Waals surface area contributed by atoms with E-state index in [-0.39, 0.29) is 11.5 Å². The first-order chi connectivity index (χ1) is 10.3. The second-order valence-electron chi connectivity index (χ2n) is 10.3. The van der Waals surface area contributed by atoms with Gasteiger partial charge in [0.05, 0.1) is 6.10 Å². The Morgan fingerprint density at radius 1 is 0.955 bits per heavy atom. The number of aliphatic hydroxyl groups excluding tert-OH is 2. The Morgan fingerprint density at radius 3 is 2.36 bits per heavy atom. The highest BCUT2D eigenvalue weighted by Crippen LogP contribution is 2.75. The molecule has 4 rings (SSSR count). The second-order valence-corrected chi connectivity index (χ2v) is 10.3. The van der Waals surface area contributed by atoms with Crippen molar-refractivity contribution in [2.75, 3.05) is 6.61 Å². The van der Waals surface area contributed by atoms with Crippen molar-refractivity contribution >= 4 is 0 Å². The number of fused-ring (bicyclic) bond motifs is 5. The van der Waals surface area contributed by atoms with Crippen LogP contribution in [0.2, 0.25) is 0 Å². The quantitative estimate of drug-likeness (QED) is 0.772. The maximum atomic E-state index is 11.1. The topological polar surface area (TPSA) is 40.5 Å². The van der Waals surface area contributed by atoms with E-state index in [2.05, 4.69) is 27.7 Å². The summed E-state index contributed by atoms with van der Waals surface area (Å²) in [7, 11) is 0. The van der Waals surface area contributed by atoms with Gasteiger partial charge in [0.1, 0.15) is 0 Å². The lowest BCUT2D eigenvalue weighted by Gasteiger charge is -2.62. The second kappa shape index (κ2) is 4.51. The highest BCUT2D eigenvalue weighted by Gasteiger charge is 2.72. The third kappa shape index (κ3) is 1.75. The number of rotatable bonds is 1. The van der Waals surface area contributed by atoms with E-state index in [9.17, 15) is 10.2 Å². The normalized spacial score (nSPS) is 59.2. The average Bonchev–Trinajstić information content (AvgIpc) is 3.01. The van der Waals surface area contributed by atoms with E-state index in [0.29, 0.717) is 41.1 Å². The van der Waals surface area contributed by atoms with Gasteiger partial charge >= 0.3 is 0 Å². The van der Waals surface area contributed by atoms with E-state index in [1.807, 2.05) is 0 Å². The van der Waals surface area contributed by atoms with Crippen LogP contribution in [0.15, 0.2) is 0 Å². The molecule has 2 N–H and O–H groups in total. The van der Waals surface area contributed by atoms with E-state index >= 15 is 0 Å². The zero-order valence-corrected chi connectivity index (χ0v) is 14.8. The zero-order chi connectivity index (χ0) is 15.9. The van der Waals surface area contributed by atoms with Crippen LogP contribution in [-0.2, 0) is 0 Å². The smallest absolute Gasteiger partial charge is 0.0581 e. The molecule has 0 radical (unpaired) electrons. The molecule has 4 fully saturated rings. The minimum atomic E-state index is -0.149. The Balaban J connectivity index is 1.70. The van der Waals surface area contributed by atoms with Crippen LogP contribution < -0.4 is 0 Å². The van der Waals surface area contributed by atoms with Crippen molar-refractivity contribution in [3.63, 3.8) is 0 Å². The third-order valence-corrected chi connectivity index (χ3v) is 8.94. The molecular weight excluding hydrogens is 272 g/mol. The average molecular weight is 306 g/mol. The van der Waals surface area contributed by atoms with Crippen molar-refractivity contribution in [2.45, 2.75) is 72.3 Å². The lowest BCUT2D eigenvalue weighted by molar-refractivity contribution is -0.158. The Bertz CT molecular complexity index is 472. The van der Waals surface area contributed by atoms with Gasteiger partial charge in [-0.3, -0.25) is 0 Å². The van der Waals surface area contributed by atoms with E-state index in [0.717, 1.165) is 12.3 Å². The van der Waals surface area contributed by atoms with Crippen LogP contribution in [-0.4, -0.2) is 22.9 Å². The van der Waals surface area contributed by atoms with Crippen LogP contribution in [0, 0.1) is 45.8 Å². The maximum Gasteiger partial charge on any atom is 0.0581 e. The molecular formula is C20H34O2. The summed E-state index contributed by atoms with van der Waals surface area (Å²) < 4.78 is 0. The summed E-state index contributed by atoms with van der Waals surface area (Å²) in [5.74, 6) is 3.02. The highest BCUT2D eigenvalue weighted by molar-refractivity contribution is 5.20. The van der Waals surface area contributed by atoms with Crippen molar-refractivity contribution in [2.24, 2.45) is 45.8 Å². The molecule has 0 aromatic carbocycles. The summed E-state index contributed by atoms with van der Waals surface area (Å²) >= 11 is 0. The summed E-state index contributed by atoms with van der Waals surface area (Å²) in [5, 5.41) is 20.8. The molecule has 4 aliphatic rings. The molecule has 4 aliphatic carbocycles. The van der Waals surface area contributed by atoms with Gasteiger partial charge in [-0.2, -0.15) is 0 Å². The molecule has 126 valence electrons. The molecule has 2 heteroatoms. The highest BCUT2D eigenvalue weighted by atomic mass is 16.3. The fraction of sp³-hybridized carbons (Fsp3) is 1.00. The molecule has 0 bridgehead atoms. The minimum absolute atomic E-state index is 0.149. The van der Waals surface area contributed by atoms with Gasteiger partial charge in [0, 0.05) is 6.61 Å². The SMILES string of the molecule is CC1(C)CCC[C@@]2(C)[C@H]3[C@H](CC[C@H]12)[C@H]1[C@H](CO)[C@@]1(C)C[C@@H]3O. The van der Waals surface area contributed by atoms with Crippen molar-refractivity contribution in [1.82, 2.24) is 0 Å². The van der Waals surface area contributed by atoms with Crippen molar-refractivity contribution in [3.05, 3.63) is 0 Å². The standard InChI is InChI=1S/C20H34O2/c1-18(2)8-5-9-19(3)15(18)7-6-12-16-13(11-21)20(16,4)10-14(22)17(12)19/h12-17,21-22H,5-11H2,1-4H3/t12-,13+,14+,15-,16+,17+,19-,20-/m1/s1. The molecule has 2 nitrogen and oxygen atoms in total. The Morgan fingerprint density at radius 2 is 1.68 bits per heavy atom. The number of hydrogen-bond acceptors (Lipinski definition) is 2. The lowest BCUT2D eigenvalue weighted by atomic mass is 9.44. The van der Waals surface area contributed by atoms with Gasteiger partial charge < -0.3 is 10.2 Å². The van der Waals surface area contributed by atoms with Gasteiger partial charge in [0.15, 0.2) is 0 Å². The maximum absolute atomic E-state index is 11.1. The minimum Gasteiger partial charge on any atom is -0.396 e. The van der Waals surface area contributed by atoms with Gasteiger partial charge in [-0.05, 0) is 77.9 Å². The van der Waals surface area contributed by atoms with Crippen LogP contribution >= 0.6 is 0 Å². The monoisotopic (exact) mass is 306 g/mol. The lowest BCUT2D eigenvalue weighted by Crippen LogP contribution is -2.57. The van der Waals surface area contributed by atoms with Crippen LogP contribution in [0.3, 0.4) is 0 Å². The molecule has 0 aromatic rings. The summed E-state index contributed by atoms with van der Waals surface area (Å²) in [6.45, 7) is 10.1. The van der Waals surface area contributed by atoms with E-state index in [4.69, 9.17) is 0 Å². The fourth-order valence-corrected chi connectivity index (χ4v) is 8.11. The van der Waals surface area contributed by atoms with Gasteiger partial charge in [0.25, 0.3) is 0 Å². The first kappa shape index (κ1) is 15.4. The van der Waals surface area contributed by atoms with Crippen LogP contribution in [0.1, 0.15) is 66.2 Å². The number of hydrogen-bond donors (Lipinski definition) is 2. The molecule has 0 spiro atoms. The molecule has 22 heavy (non-hydrogen) atoms. The summed E-state index contributed by atoms with van der Waals surface area (Å²) in [6.07, 6.45) is 7.36. The predicted molar refractivity (Wildman–Crippen MR) is 88.2 cm³/mol. The summed E-state index contributed by atoms with van der Waals surface area (Å²) in [4.78, 5) is 0. The van der Waals surface area contributed by atoms with Crippen molar-refractivity contribution in [3.8, 4) is 0 Å². The first-order valence-electron chi connectivity index (χ1n) is 9.54. The largest absolute Gasteiger partial charge is 0.396 e. The Hall–Kier alpha value is -0.0800. The molecule has 0 aliphatic heterocycles. The molecule has 0 aromatic heterocycles.